The Balaban J connectivity index is 3.75. The summed E-state index contributed by atoms with van der Waals surface area (Å²) >= 11 is 0. The van der Waals surface area contributed by atoms with Crippen LogP contribution in [0.3, 0.4) is 0 Å². The Labute approximate surface area is 162 Å². The highest BCUT2D eigenvalue weighted by molar-refractivity contribution is 7.46. The molecule has 0 bridgehead atoms. The lowest BCUT2D eigenvalue weighted by atomic mass is 10.0. The van der Waals surface area contributed by atoms with Gasteiger partial charge in [-0.05, 0) is 18.4 Å². The quantitative estimate of drug-likeness (QED) is 0.0701. The van der Waals surface area contributed by atoms with Gasteiger partial charge in [0.1, 0.15) is 0 Å². The fourth-order valence-electron chi connectivity index (χ4n) is 2.73. The predicted octanol–water partition coefficient (Wildman–Crippen LogP) is 5.39. The van der Waals surface area contributed by atoms with Gasteiger partial charge in [-0.15, -0.1) is 0 Å². The van der Waals surface area contributed by atoms with E-state index in [0.29, 0.717) is 0 Å². The first-order chi connectivity index (χ1) is 12.9. The molecular weight excluding hydrogens is 369 g/mol. The first kappa shape index (κ1) is 26.1. The van der Waals surface area contributed by atoms with Crippen molar-refractivity contribution >= 4 is 7.82 Å². The van der Waals surface area contributed by atoms with Crippen LogP contribution in [0.15, 0.2) is 17.3 Å². The minimum atomic E-state index is -4.66. The molecule has 0 saturated heterocycles. The predicted molar refractivity (Wildman–Crippen MR) is 107 cm³/mol. The molecule has 0 aliphatic rings. The molecule has 27 heavy (non-hydrogen) atoms. The Morgan fingerprint density at radius 3 is 2.04 bits per heavy atom. The van der Waals surface area contributed by atoms with Gasteiger partial charge < -0.3 is 14.9 Å². The van der Waals surface area contributed by atoms with E-state index in [9.17, 15) is 9.67 Å². The molecule has 0 saturated carbocycles. The molecule has 3 N–H and O–H groups in total. The van der Waals surface area contributed by atoms with E-state index in [0.717, 1.165) is 19.3 Å². The number of phosphoric acid groups is 1. The van der Waals surface area contributed by atoms with Crippen molar-refractivity contribution in [1.29, 1.82) is 0 Å². The second-order valence-corrected chi connectivity index (χ2v) is 8.04. The van der Waals surface area contributed by atoms with Crippen molar-refractivity contribution in [3.8, 4) is 0 Å². The normalized spacial score (nSPS) is 14.2. The van der Waals surface area contributed by atoms with Gasteiger partial charge in [0.25, 0.3) is 0 Å². The van der Waals surface area contributed by atoms with Crippen LogP contribution in [0.2, 0.25) is 0 Å². The summed E-state index contributed by atoms with van der Waals surface area (Å²) in [6.07, 6.45) is 16.9. The largest absolute Gasteiger partial charge is 0.469 e. The fourth-order valence-corrected chi connectivity index (χ4v) is 3.08. The number of allylic oxidation sites excluding steroid dienone is 1. The first-order valence-electron chi connectivity index (χ1n) is 9.99. The van der Waals surface area contributed by atoms with Gasteiger partial charge in [-0.1, -0.05) is 88.4 Å². The van der Waals surface area contributed by atoms with E-state index in [1.165, 1.54) is 63.9 Å². The standard InChI is InChI=1S/C18H36N3O5P/c1-2-3-4-5-6-7-8-9-10-11-12-13-14-15-18(22)17(20-21-19)16-26-27(23,24)25/h14-15,17-18,22H,2-13,16H2,1H3,(H2,23,24,25)/b15-14+/t17-,18+/m0/s1. The molecule has 2 atom stereocenters. The molecule has 0 aromatic heterocycles. The Morgan fingerprint density at radius 1 is 1.04 bits per heavy atom. The van der Waals surface area contributed by atoms with Crippen LogP contribution in [0.4, 0.5) is 0 Å². The van der Waals surface area contributed by atoms with Gasteiger partial charge in [0.2, 0.25) is 0 Å². The Morgan fingerprint density at radius 2 is 1.56 bits per heavy atom. The second kappa shape index (κ2) is 17.2. The Hall–Kier alpha value is -0.880. The van der Waals surface area contributed by atoms with Gasteiger partial charge in [-0.2, -0.15) is 0 Å². The van der Waals surface area contributed by atoms with Crippen LogP contribution in [0.5, 0.6) is 0 Å². The van der Waals surface area contributed by atoms with Gasteiger partial charge in [0.15, 0.2) is 0 Å². The average Bonchev–Trinajstić information content (AvgIpc) is 2.61. The van der Waals surface area contributed by atoms with E-state index in [1.54, 1.807) is 6.08 Å². The maximum Gasteiger partial charge on any atom is 0.469 e. The number of phosphoric ester groups is 1. The van der Waals surface area contributed by atoms with E-state index in [-0.39, 0.29) is 0 Å². The van der Waals surface area contributed by atoms with Crippen molar-refractivity contribution in [3.63, 3.8) is 0 Å². The summed E-state index contributed by atoms with van der Waals surface area (Å²) in [5.74, 6) is 0. The van der Waals surface area contributed by atoms with Crippen molar-refractivity contribution < 1.29 is 24.0 Å². The molecular formula is C18H36N3O5P. The molecule has 8 nitrogen and oxygen atoms in total. The van der Waals surface area contributed by atoms with Crippen LogP contribution in [-0.2, 0) is 9.09 Å². The van der Waals surface area contributed by atoms with Crippen molar-refractivity contribution in [2.24, 2.45) is 5.11 Å². The second-order valence-electron chi connectivity index (χ2n) is 6.80. The number of nitrogens with zero attached hydrogens (tertiary/aromatic N) is 3. The smallest absolute Gasteiger partial charge is 0.389 e. The average molecular weight is 405 g/mol. The van der Waals surface area contributed by atoms with Gasteiger partial charge in [0, 0.05) is 4.91 Å². The fraction of sp³-hybridized carbons (Fsp3) is 0.889. The van der Waals surface area contributed by atoms with E-state index < -0.39 is 26.6 Å². The van der Waals surface area contributed by atoms with Gasteiger partial charge in [-0.3, -0.25) is 4.52 Å². The summed E-state index contributed by atoms with van der Waals surface area (Å²) < 4.78 is 15.0. The highest BCUT2D eigenvalue weighted by atomic mass is 31.2. The number of unbranched alkanes of at least 4 members (excludes halogenated alkanes) is 11. The third-order valence-corrected chi connectivity index (χ3v) is 4.80. The monoisotopic (exact) mass is 405 g/mol. The Bertz CT molecular complexity index is 478. The van der Waals surface area contributed by atoms with Crippen molar-refractivity contribution in [1.82, 2.24) is 0 Å². The van der Waals surface area contributed by atoms with Gasteiger partial charge in [0.05, 0.1) is 18.8 Å². The molecule has 0 spiro atoms. The van der Waals surface area contributed by atoms with Crippen LogP contribution >= 0.6 is 7.82 Å². The van der Waals surface area contributed by atoms with Crippen molar-refractivity contribution in [2.75, 3.05) is 6.61 Å². The summed E-state index contributed by atoms with van der Waals surface area (Å²) in [5, 5.41) is 13.2. The molecule has 0 rings (SSSR count). The van der Waals surface area contributed by atoms with Gasteiger partial charge in [-0.25, -0.2) is 4.57 Å². The lowest BCUT2D eigenvalue weighted by Crippen LogP contribution is -2.26. The summed E-state index contributed by atoms with van der Waals surface area (Å²) in [6, 6.07) is -1.07. The molecule has 0 radical (unpaired) electrons. The van der Waals surface area contributed by atoms with E-state index in [4.69, 9.17) is 15.3 Å². The van der Waals surface area contributed by atoms with Crippen molar-refractivity contribution in [2.45, 2.75) is 96.1 Å². The number of aliphatic hydroxyl groups excluding tert-OH is 1. The zero-order valence-electron chi connectivity index (χ0n) is 16.4. The third kappa shape index (κ3) is 18.3. The third-order valence-electron chi connectivity index (χ3n) is 4.32. The van der Waals surface area contributed by atoms with E-state index in [1.807, 2.05) is 0 Å². The van der Waals surface area contributed by atoms with Crippen LogP contribution in [0, 0.1) is 0 Å². The maximum absolute atomic E-state index is 10.7. The van der Waals surface area contributed by atoms with Gasteiger partial charge >= 0.3 is 7.82 Å². The lowest BCUT2D eigenvalue weighted by molar-refractivity contribution is 0.129. The minimum absolute atomic E-state index is 0.543. The summed E-state index contributed by atoms with van der Waals surface area (Å²) in [5.41, 5.74) is 8.47. The molecule has 158 valence electrons. The maximum atomic E-state index is 10.7. The summed E-state index contributed by atoms with van der Waals surface area (Å²) in [6.45, 7) is 1.69. The zero-order chi connectivity index (χ0) is 20.4. The van der Waals surface area contributed by atoms with Crippen LogP contribution < -0.4 is 0 Å². The molecule has 0 aromatic carbocycles. The van der Waals surface area contributed by atoms with Crippen LogP contribution in [0.25, 0.3) is 10.4 Å². The van der Waals surface area contributed by atoms with Crippen LogP contribution in [-0.4, -0.2) is 33.6 Å². The molecule has 0 fully saturated rings. The number of hydrogen-bond acceptors (Lipinski definition) is 4. The Kier molecular flexibility index (Phi) is 16.7. The van der Waals surface area contributed by atoms with E-state index >= 15 is 0 Å². The first-order valence-corrected chi connectivity index (χ1v) is 11.5. The summed E-state index contributed by atoms with van der Waals surface area (Å²) in [7, 11) is -4.66. The topological polar surface area (TPSA) is 136 Å². The van der Waals surface area contributed by atoms with Crippen molar-refractivity contribution in [3.05, 3.63) is 22.6 Å². The van der Waals surface area contributed by atoms with Crippen LogP contribution in [0.1, 0.15) is 84.0 Å². The number of rotatable bonds is 18. The number of hydrogen-bond donors (Lipinski definition) is 3. The van der Waals surface area contributed by atoms with E-state index in [2.05, 4.69) is 21.5 Å². The molecule has 0 unspecified atom stereocenters. The number of azide groups is 1. The molecule has 0 aliphatic carbocycles. The molecule has 0 amide bonds. The molecule has 9 heteroatoms. The molecule has 0 aliphatic heterocycles. The zero-order valence-corrected chi connectivity index (χ0v) is 17.3. The highest BCUT2D eigenvalue weighted by Crippen LogP contribution is 2.36. The summed E-state index contributed by atoms with van der Waals surface area (Å²) in [4.78, 5) is 19.9. The molecule has 0 aromatic rings. The minimum Gasteiger partial charge on any atom is -0.389 e. The lowest BCUT2D eigenvalue weighted by Gasteiger charge is -2.15. The SMILES string of the molecule is CCCCCCCCCCCCC/C=C/[C@@H](O)[C@H](COP(=O)(O)O)N=[N+]=[N-]. The molecule has 0 heterocycles. The number of aliphatic hydroxyl groups is 1. The highest BCUT2D eigenvalue weighted by Gasteiger charge is 2.21.